The quantitative estimate of drug-likeness (QED) is 0.829. The molecular weight excluding hydrogens is 342 g/mol. The number of carbonyl (C=O) groups excluding carboxylic acids is 1. The summed E-state index contributed by atoms with van der Waals surface area (Å²) in [7, 11) is 0. The molecule has 0 unspecified atom stereocenters. The van der Waals surface area contributed by atoms with E-state index < -0.39 is 0 Å². The van der Waals surface area contributed by atoms with Crippen molar-refractivity contribution in [1.82, 2.24) is 14.7 Å². The molecule has 0 radical (unpaired) electrons. The van der Waals surface area contributed by atoms with Crippen LogP contribution in [0.1, 0.15) is 22.4 Å². The maximum absolute atomic E-state index is 12.8. The molecule has 0 atom stereocenters. The highest BCUT2D eigenvalue weighted by molar-refractivity contribution is 7.10. The van der Waals surface area contributed by atoms with Gasteiger partial charge in [-0.1, -0.05) is 30.3 Å². The van der Waals surface area contributed by atoms with Gasteiger partial charge < -0.3 is 4.90 Å². The van der Waals surface area contributed by atoms with Crippen molar-refractivity contribution in [1.29, 1.82) is 0 Å². The third-order valence-electron chi connectivity index (χ3n) is 5.44. The number of fused-ring (bicyclic) bond motifs is 1. The summed E-state index contributed by atoms with van der Waals surface area (Å²) in [6.07, 6.45) is 2.15. The first-order valence-corrected chi connectivity index (χ1v) is 10.5. The van der Waals surface area contributed by atoms with Crippen molar-refractivity contribution in [2.75, 3.05) is 39.3 Å². The van der Waals surface area contributed by atoms with Gasteiger partial charge in [0.25, 0.3) is 0 Å². The summed E-state index contributed by atoms with van der Waals surface area (Å²) in [5.74, 6) is 0.297. The zero-order valence-corrected chi connectivity index (χ0v) is 16.1. The van der Waals surface area contributed by atoms with Crippen LogP contribution in [0.25, 0.3) is 0 Å². The highest BCUT2D eigenvalue weighted by Crippen LogP contribution is 2.23. The van der Waals surface area contributed by atoms with Gasteiger partial charge in [0.2, 0.25) is 5.91 Å². The van der Waals surface area contributed by atoms with Crippen molar-refractivity contribution in [3.8, 4) is 0 Å². The molecule has 26 heavy (non-hydrogen) atoms. The molecule has 0 saturated carbocycles. The van der Waals surface area contributed by atoms with E-state index in [4.69, 9.17) is 0 Å². The lowest BCUT2D eigenvalue weighted by atomic mass is 10.1. The summed E-state index contributed by atoms with van der Waals surface area (Å²) in [5, 5.41) is 2.17. The van der Waals surface area contributed by atoms with Crippen LogP contribution in [-0.4, -0.2) is 59.9 Å². The van der Waals surface area contributed by atoms with Crippen LogP contribution >= 0.6 is 11.3 Å². The Hall–Kier alpha value is -1.69. The Labute approximate surface area is 160 Å². The SMILES string of the molecule is O=C(CN1CCc2sccc2C1)N1CCCN(Cc2ccccc2)CC1. The smallest absolute Gasteiger partial charge is 0.236 e. The fourth-order valence-corrected chi connectivity index (χ4v) is 4.84. The first-order chi connectivity index (χ1) is 12.8. The van der Waals surface area contributed by atoms with Crippen LogP contribution < -0.4 is 0 Å². The molecule has 2 aromatic rings. The fraction of sp³-hybridized carbons (Fsp3) is 0.476. The van der Waals surface area contributed by atoms with Gasteiger partial charge in [-0.2, -0.15) is 0 Å². The molecule has 0 aliphatic carbocycles. The lowest BCUT2D eigenvalue weighted by Crippen LogP contribution is -2.43. The van der Waals surface area contributed by atoms with Gasteiger partial charge in [-0.15, -0.1) is 11.3 Å². The van der Waals surface area contributed by atoms with Crippen LogP contribution in [0.15, 0.2) is 41.8 Å². The summed E-state index contributed by atoms with van der Waals surface area (Å²) >= 11 is 1.85. The van der Waals surface area contributed by atoms with E-state index in [0.717, 1.165) is 58.7 Å². The van der Waals surface area contributed by atoms with Gasteiger partial charge in [0.05, 0.1) is 6.54 Å². The zero-order chi connectivity index (χ0) is 17.8. The van der Waals surface area contributed by atoms with E-state index >= 15 is 0 Å². The number of carbonyl (C=O) groups is 1. The average Bonchev–Trinajstić information content (AvgIpc) is 3.00. The van der Waals surface area contributed by atoms with Gasteiger partial charge >= 0.3 is 0 Å². The van der Waals surface area contributed by atoms with Crippen LogP contribution in [-0.2, 0) is 24.3 Å². The van der Waals surface area contributed by atoms with Crippen molar-refractivity contribution in [3.63, 3.8) is 0 Å². The van der Waals surface area contributed by atoms with Crippen molar-refractivity contribution in [3.05, 3.63) is 57.8 Å². The van der Waals surface area contributed by atoms with E-state index in [1.165, 1.54) is 16.0 Å². The number of rotatable bonds is 4. The van der Waals surface area contributed by atoms with Crippen molar-refractivity contribution >= 4 is 17.2 Å². The summed E-state index contributed by atoms with van der Waals surface area (Å²) in [4.78, 5) is 21.2. The second kappa shape index (κ2) is 8.33. The lowest BCUT2D eigenvalue weighted by Gasteiger charge is -2.29. The molecule has 138 valence electrons. The fourth-order valence-electron chi connectivity index (χ4n) is 3.95. The van der Waals surface area contributed by atoms with Gasteiger partial charge in [0, 0.05) is 50.7 Å². The van der Waals surface area contributed by atoms with Crippen LogP contribution in [0.2, 0.25) is 0 Å². The third-order valence-corrected chi connectivity index (χ3v) is 6.46. The molecule has 0 spiro atoms. The zero-order valence-electron chi connectivity index (χ0n) is 15.3. The van der Waals surface area contributed by atoms with Gasteiger partial charge in [0.15, 0.2) is 0 Å². The molecule has 5 heteroatoms. The molecule has 4 nitrogen and oxygen atoms in total. The molecule has 2 aliphatic rings. The molecule has 1 aromatic carbocycles. The van der Waals surface area contributed by atoms with E-state index in [1.807, 2.05) is 11.3 Å². The Morgan fingerprint density at radius 3 is 2.73 bits per heavy atom. The monoisotopic (exact) mass is 369 g/mol. The normalized spacial score (nSPS) is 19.2. The van der Waals surface area contributed by atoms with Gasteiger partial charge in [-0.05, 0) is 35.4 Å². The van der Waals surface area contributed by atoms with Gasteiger partial charge in [-0.3, -0.25) is 14.6 Å². The van der Waals surface area contributed by atoms with Crippen LogP contribution in [0, 0.1) is 0 Å². The maximum atomic E-state index is 12.8. The highest BCUT2D eigenvalue weighted by Gasteiger charge is 2.23. The molecule has 3 heterocycles. The Bertz CT molecular complexity index is 730. The second-order valence-corrected chi connectivity index (χ2v) is 8.33. The Morgan fingerprint density at radius 2 is 1.85 bits per heavy atom. The molecule has 2 aliphatic heterocycles. The lowest BCUT2D eigenvalue weighted by molar-refractivity contribution is -0.132. The first-order valence-electron chi connectivity index (χ1n) is 9.59. The largest absolute Gasteiger partial charge is 0.340 e. The van der Waals surface area contributed by atoms with Crippen LogP contribution in [0.5, 0.6) is 0 Å². The van der Waals surface area contributed by atoms with Crippen LogP contribution in [0.3, 0.4) is 0 Å². The molecular formula is C21H27N3OS. The average molecular weight is 370 g/mol. The van der Waals surface area contributed by atoms with E-state index in [-0.39, 0.29) is 0 Å². The minimum Gasteiger partial charge on any atom is -0.340 e. The summed E-state index contributed by atoms with van der Waals surface area (Å²) in [5.41, 5.74) is 2.77. The number of benzene rings is 1. The topological polar surface area (TPSA) is 26.8 Å². The predicted octanol–water partition coefficient (Wildman–Crippen LogP) is 2.84. The molecule has 1 fully saturated rings. The van der Waals surface area contributed by atoms with E-state index in [9.17, 15) is 4.79 Å². The second-order valence-electron chi connectivity index (χ2n) is 7.33. The maximum Gasteiger partial charge on any atom is 0.236 e. The Kier molecular flexibility index (Phi) is 5.68. The van der Waals surface area contributed by atoms with Crippen molar-refractivity contribution in [2.45, 2.75) is 25.9 Å². The molecule has 0 bridgehead atoms. The number of nitrogens with zero attached hydrogens (tertiary/aromatic N) is 3. The minimum atomic E-state index is 0.297. The van der Waals surface area contributed by atoms with E-state index in [1.54, 1.807) is 0 Å². The molecule has 1 amide bonds. The van der Waals surface area contributed by atoms with Gasteiger partial charge in [0.1, 0.15) is 0 Å². The summed E-state index contributed by atoms with van der Waals surface area (Å²) in [6, 6.07) is 12.8. The van der Waals surface area contributed by atoms with E-state index in [2.05, 4.69) is 56.5 Å². The minimum absolute atomic E-state index is 0.297. The highest BCUT2D eigenvalue weighted by atomic mass is 32.1. The first kappa shape index (κ1) is 17.7. The summed E-state index contributed by atoms with van der Waals surface area (Å²) < 4.78 is 0. The number of hydrogen-bond donors (Lipinski definition) is 0. The number of thiophene rings is 1. The van der Waals surface area contributed by atoms with Crippen molar-refractivity contribution in [2.24, 2.45) is 0 Å². The molecule has 4 rings (SSSR count). The van der Waals surface area contributed by atoms with Crippen molar-refractivity contribution < 1.29 is 4.79 Å². The predicted molar refractivity (Wildman–Crippen MR) is 106 cm³/mol. The Morgan fingerprint density at radius 1 is 0.962 bits per heavy atom. The number of hydrogen-bond acceptors (Lipinski definition) is 4. The van der Waals surface area contributed by atoms with E-state index in [0.29, 0.717) is 12.5 Å². The number of amides is 1. The van der Waals surface area contributed by atoms with Crippen LogP contribution in [0.4, 0.5) is 0 Å². The standard InChI is InChI=1S/C21H27N3OS/c25-21(17-23-11-7-20-19(16-23)8-14-26-20)24-10-4-9-22(12-13-24)15-18-5-2-1-3-6-18/h1-3,5-6,8,14H,4,7,9-13,15-17H2. The summed E-state index contributed by atoms with van der Waals surface area (Å²) in [6.45, 7) is 7.26. The molecule has 1 saturated heterocycles. The molecule has 0 N–H and O–H groups in total. The van der Waals surface area contributed by atoms with Gasteiger partial charge in [-0.25, -0.2) is 0 Å². The molecule has 1 aromatic heterocycles. The Balaban J connectivity index is 1.28. The third kappa shape index (κ3) is 4.34.